The van der Waals surface area contributed by atoms with Crippen molar-refractivity contribution < 1.29 is 0 Å². The van der Waals surface area contributed by atoms with Crippen molar-refractivity contribution >= 4 is 57.0 Å². The number of rotatable bonds is 8. The van der Waals surface area contributed by atoms with Crippen LogP contribution in [0.25, 0.3) is 34.1 Å². The van der Waals surface area contributed by atoms with Gasteiger partial charge in [-0.2, -0.15) is 0 Å². The lowest BCUT2D eigenvalue weighted by Crippen LogP contribution is -2.16. The predicted molar refractivity (Wildman–Crippen MR) is 231 cm³/mol. The zero-order chi connectivity index (χ0) is 36.6. The monoisotopic (exact) mass is 694 g/mol. The van der Waals surface area contributed by atoms with Crippen LogP contribution in [0.2, 0.25) is 0 Å². The van der Waals surface area contributed by atoms with Gasteiger partial charge in [-0.25, -0.2) is 0 Å². The standard InChI is InChI=1S/C52H42N2/c1-37-15-10-13-23-50(37)54(51-24-14-17-40-16-11-12-22-45(40)51)43-30-27-38(28-31-43)25-26-39-29-33-46-47-34-32-44(36-49(47)52(2,3)48(46)35-39)53(41-18-6-4-7-19-41)42-20-8-5-9-21-42/h4-36H,1-3H3/b26-25+. The zero-order valence-electron chi connectivity index (χ0n) is 30.9. The summed E-state index contributed by atoms with van der Waals surface area (Å²) in [6.45, 7) is 6.91. The van der Waals surface area contributed by atoms with Crippen molar-refractivity contribution in [3.63, 3.8) is 0 Å². The van der Waals surface area contributed by atoms with Crippen LogP contribution < -0.4 is 9.80 Å². The molecular weight excluding hydrogens is 653 g/mol. The molecule has 0 bridgehead atoms. The van der Waals surface area contributed by atoms with Crippen molar-refractivity contribution in [2.45, 2.75) is 26.2 Å². The van der Waals surface area contributed by atoms with Crippen LogP contribution in [-0.4, -0.2) is 0 Å². The number of para-hydroxylation sites is 3. The lowest BCUT2D eigenvalue weighted by Gasteiger charge is -2.28. The minimum atomic E-state index is -0.147. The van der Waals surface area contributed by atoms with E-state index in [1.807, 2.05) is 0 Å². The molecule has 0 atom stereocenters. The second-order valence-electron chi connectivity index (χ2n) is 14.7. The first kappa shape index (κ1) is 33.2. The van der Waals surface area contributed by atoms with Gasteiger partial charge in [-0.05, 0) is 112 Å². The summed E-state index contributed by atoms with van der Waals surface area (Å²) in [5, 5.41) is 2.46. The van der Waals surface area contributed by atoms with Gasteiger partial charge < -0.3 is 9.80 Å². The maximum Gasteiger partial charge on any atom is 0.0540 e. The molecule has 54 heavy (non-hydrogen) atoms. The number of nitrogens with zero attached hydrogens (tertiary/aromatic N) is 2. The molecule has 260 valence electrons. The molecule has 8 aromatic rings. The maximum absolute atomic E-state index is 2.39. The second kappa shape index (κ2) is 13.7. The largest absolute Gasteiger partial charge is 0.310 e. The zero-order valence-corrected chi connectivity index (χ0v) is 30.9. The molecule has 0 saturated heterocycles. The van der Waals surface area contributed by atoms with Gasteiger partial charge >= 0.3 is 0 Å². The molecule has 0 aromatic heterocycles. The molecule has 8 aromatic carbocycles. The quantitative estimate of drug-likeness (QED) is 0.146. The van der Waals surface area contributed by atoms with E-state index < -0.39 is 0 Å². The third-order valence-corrected chi connectivity index (χ3v) is 11.0. The fraction of sp³-hybridized carbons (Fsp3) is 0.0769. The maximum atomic E-state index is 2.39. The molecule has 0 spiro atoms. The van der Waals surface area contributed by atoms with Crippen LogP contribution in [0.3, 0.4) is 0 Å². The molecule has 0 unspecified atom stereocenters. The Morgan fingerprint density at radius 2 is 0.926 bits per heavy atom. The van der Waals surface area contributed by atoms with Gasteiger partial charge in [-0.1, -0.05) is 153 Å². The number of hydrogen-bond acceptors (Lipinski definition) is 2. The number of anilines is 6. The van der Waals surface area contributed by atoms with E-state index in [9.17, 15) is 0 Å². The smallest absolute Gasteiger partial charge is 0.0540 e. The first-order chi connectivity index (χ1) is 26.5. The van der Waals surface area contributed by atoms with Crippen LogP contribution in [0.1, 0.15) is 41.7 Å². The summed E-state index contributed by atoms with van der Waals surface area (Å²) < 4.78 is 0. The Morgan fingerprint density at radius 3 is 1.65 bits per heavy atom. The Morgan fingerprint density at radius 1 is 0.407 bits per heavy atom. The van der Waals surface area contributed by atoms with Crippen LogP contribution in [0, 0.1) is 6.92 Å². The lowest BCUT2D eigenvalue weighted by atomic mass is 9.81. The third-order valence-electron chi connectivity index (χ3n) is 11.0. The molecule has 0 heterocycles. The number of hydrogen-bond donors (Lipinski definition) is 0. The highest BCUT2D eigenvalue weighted by Crippen LogP contribution is 2.51. The van der Waals surface area contributed by atoms with Crippen molar-refractivity contribution in [1.82, 2.24) is 0 Å². The third kappa shape index (κ3) is 5.96. The summed E-state index contributed by atoms with van der Waals surface area (Å²) in [6.07, 6.45) is 4.47. The van der Waals surface area contributed by atoms with Crippen molar-refractivity contribution in [2.75, 3.05) is 9.80 Å². The molecule has 0 aliphatic heterocycles. The molecule has 2 nitrogen and oxygen atoms in total. The van der Waals surface area contributed by atoms with Gasteiger partial charge in [0, 0.05) is 39.2 Å². The lowest BCUT2D eigenvalue weighted by molar-refractivity contribution is 0.660. The summed E-state index contributed by atoms with van der Waals surface area (Å²) >= 11 is 0. The molecular formula is C52H42N2. The van der Waals surface area contributed by atoms with Crippen molar-refractivity contribution in [2.24, 2.45) is 0 Å². The highest BCUT2D eigenvalue weighted by Gasteiger charge is 2.36. The van der Waals surface area contributed by atoms with Crippen LogP contribution in [0.15, 0.2) is 188 Å². The molecule has 0 saturated carbocycles. The van der Waals surface area contributed by atoms with Gasteiger partial charge in [0.15, 0.2) is 0 Å². The normalized spacial score (nSPS) is 12.8. The Hall–Kier alpha value is -6.64. The molecule has 0 fully saturated rings. The van der Waals surface area contributed by atoms with Gasteiger partial charge in [0.1, 0.15) is 0 Å². The van der Waals surface area contributed by atoms with Gasteiger partial charge in [-0.15, -0.1) is 0 Å². The van der Waals surface area contributed by atoms with Crippen LogP contribution in [-0.2, 0) is 5.41 Å². The fourth-order valence-electron chi connectivity index (χ4n) is 8.14. The first-order valence-electron chi connectivity index (χ1n) is 18.8. The Kier molecular flexibility index (Phi) is 8.44. The van der Waals surface area contributed by atoms with E-state index in [1.165, 1.54) is 55.5 Å². The van der Waals surface area contributed by atoms with Gasteiger partial charge in [0.2, 0.25) is 0 Å². The SMILES string of the molecule is Cc1ccccc1N(c1ccc(/C=C/c2ccc3c(c2)C(C)(C)c2cc(N(c4ccccc4)c4ccccc4)ccc2-3)cc1)c1cccc2ccccc12. The number of fused-ring (bicyclic) bond motifs is 4. The van der Waals surface area contributed by atoms with Crippen molar-refractivity contribution in [3.05, 3.63) is 216 Å². The molecule has 0 radical (unpaired) electrons. The van der Waals surface area contributed by atoms with Gasteiger partial charge in [0.05, 0.1) is 5.69 Å². The van der Waals surface area contributed by atoms with Crippen molar-refractivity contribution in [3.8, 4) is 11.1 Å². The molecule has 2 heteroatoms. The molecule has 1 aliphatic carbocycles. The molecule has 0 N–H and O–H groups in total. The second-order valence-corrected chi connectivity index (χ2v) is 14.7. The topological polar surface area (TPSA) is 6.48 Å². The summed E-state index contributed by atoms with van der Waals surface area (Å²) in [7, 11) is 0. The summed E-state index contributed by atoms with van der Waals surface area (Å²) in [4.78, 5) is 4.73. The summed E-state index contributed by atoms with van der Waals surface area (Å²) in [5.41, 5.74) is 15.7. The minimum Gasteiger partial charge on any atom is -0.310 e. The fourth-order valence-corrected chi connectivity index (χ4v) is 8.14. The molecule has 0 amide bonds. The summed E-state index contributed by atoms with van der Waals surface area (Å²) in [6, 6.07) is 67.9. The van der Waals surface area contributed by atoms with Crippen LogP contribution >= 0.6 is 0 Å². The van der Waals surface area contributed by atoms with E-state index in [-0.39, 0.29) is 5.41 Å². The van der Waals surface area contributed by atoms with E-state index in [0.717, 1.165) is 28.3 Å². The Labute approximate surface area is 318 Å². The van der Waals surface area contributed by atoms with E-state index >= 15 is 0 Å². The average molecular weight is 695 g/mol. The number of aryl methyl sites for hydroxylation is 1. The van der Waals surface area contributed by atoms with E-state index in [1.54, 1.807) is 0 Å². The predicted octanol–water partition coefficient (Wildman–Crippen LogP) is 14.6. The van der Waals surface area contributed by atoms with Crippen LogP contribution in [0.4, 0.5) is 34.1 Å². The van der Waals surface area contributed by atoms with E-state index in [2.05, 4.69) is 231 Å². The van der Waals surface area contributed by atoms with Crippen LogP contribution in [0.5, 0.6) is 0 Å². The molecule has 9 rings (SSSR count). The van der Waals surface area contributed by atoms with E-state index in [4.69, 9.17) is 0 Å². The minimum absolute atomic E-state index is 0.147. The first-order valence-corrected chi connectivity index (χ1v) is 18.8. The average Bonchev–Trinajstić information content (AvgIpc) is 3.44. The Balaban J connectivity index is 1.02. The van der Waals surface area contributed by atoms with Gasteiger partial charge in [0.25, 0.3) is 0 Å². The van der Waals surface area contributed by atoms with Crippen molar-refractivity contribution in [1.29, 1.82) is 0 Å². The van der Waals surface area contributed by atoms with E-state index in [0.29, 0.717) is 0 Å². The highest BCUT2D eigenvalue weighted by molar-refractivity contribution is 5.99. The molecule has 1 aliphatic rings. The van der Waals surface area contributed by atoms with Gasteiger partial charge in [-0.3, -0.25) is 0 Å². The number of benzene rings is 8. The highest BCUT2D eigenvalue weighted by atomic mass is 15.1. The Bertz CT molecular complexity index is 2590. The summed E-state index contributed by atoms with van der Waals surface area (Å²) in [5.74, 6) is 0.